The number of nitrogens with zero attached hydrogens (tertiary/aromatic N) is 1. The van der Waals surface area contributed by atoms with Gasteiger partial charge in [0.1, 0.15) is 0 Å². The smallest absolute Gasteiger partial charge is 0.345 e. The highest BCUT2D eigenvalue weighted by Gasteiger charge is 2.21. The molecule has 0 aromatic heterocycles. The van der Waals surface area contributed by atoms with Gasteiger partial charge >= 0.3 is 5.91 Å². The lowest BCUT2D eigenvalue weighted by atomic mass is 10.1. The van der Waals surface area contributed by atoms with Crippen LogP contribution in [0.3, 0.4) is 0 Å². The number of benzene rings is 1. The average Bonchev–Trinajstić information content (AvgIpc) is 2.03. The highest BCUT2D eigenvalue weighted by atomic mass is 35.5. The second kappa shape index (κ2) is 4.58. The Labute approximate surface area is 91.5 Å². The summed E-state index contributed by atoms with van der Waals surface area (Å²) >= 11 is 0. The first-order chi connectivity index (χ1) is 5.91. The molecule has 1 aromatic carbocycles. The van der Waals surface area contributed by atoms with E-state index in [-0.39, 0.29) is 18.3 Å². The first-order valence-electron chi connectivity index (χ1n) is 4.34. The van der Waals surface area contributed by atoms with E-state index < -0.39 is 0 Å². The van der Waals surface area contributed by atoms with Gasteiger partial charge in [-0.05, 0) is 19.1 Å². The topological polar surface area (TPSA) is 17.1 Å². The van der Waals surface area contributed by atoms with E-state index in [2.05, 4.69) is 0 Å². The van der Waals surface area contributed by atoms with E-state index in [1.54, 1.807) is 0 Å². The lowest BCUT2D eigenvalue weighted by Gasteiger charge is -2.20. The fourth-order valence-corrected chi connectivity index (χ4v) is 1.08. The Balaban J connectivity index is 0.00000169. The maximum atomic E-state index is 11.7. The zero-order chi connectivity index (χ0) is 10.1. The van der Waals surface area contributed by atoms with E-state index >= 15 is 0 Å². The minimum atomic E-state index is 0. The van der Waals surface area contributed by atoms with E-state index in [4.69, 9.17) is 0 Å². The molecule has 0 N–H and O–H groups in total. The summed E-state index contributed by atoms with van der Waals surface area (Å²) in [7, 11) is 5.63. The molecule has 0 fully saturated rings. The predicted molar refractivity (Wildman–Crippen MR) is 53.5 cm³/mol. The molecular formula is C11H16ClNO. The van der Waals surface area contributed by atoms with Crippen LogP contribution in [-0.2, 0) is 0 Å². The SMILES string of the molecule is Cc1ccc(C(=O)[N+](C)(C)C)cc1.[Cl-]. The van der Waals surface area contributed by atoms with Gasteiger partial charge in [0.15, 0.2) is 0 Å². The van der Waals surface area contributed by atoms with Crippen LogP contribution in [-0.4, -0.2) is 31.5 Å². The fourth-order valence-electron chi connectivity index (χ4n) is 1.08. The van der Waals surface area contributed by atoms with Crippen molar-refractivity contribution in [1.82, 2.24) is 0 Å². The van der Waals surface area contributed by atoms with Crippen LogP contribution in [0.4, 0.5) is 0 Å². The quantitative estimate of drug-likeness (QED) is 0.539. The van der Waals surface area contributed by atoms with Gasteiger partial charge in [0.2, 0.25) is 0 Å². The molecule has 1 amide bonds. The molecule has 0 heterocycles. The van der Waals surface area contributed by atoms with Gasteiger partial charge in [-0.1, -0.05) is 17.7 Å². The molecule has 0 radical (unpaired) electrons. The Hall–Kier alpha value is -0.860. The number of aryl methyl sites for hydroxylation is 1. The summed E-state index contributed by atoms with van der Waals surface area (Å²) in [6, 6.07) is 7.67. The Bertz CT molecular complexity index is 311. The van der Waals surface area contributed by atoms with Crippen LogP contribution in [0.5, 0.6) is 0 Å². The highest BCUT2D eigenvalue weighted by molar-refractivity contribution is 5.88. The van der Waals surface area contributed by atoms with Crippen molar-refractivity contribution >= 4 is 5.91 Å². The van der Waals surface area contributed by atoms with E-state index in [0.717, 1.165) is 5.56 Å². The minimum absolute atomic E-state index is 0. The molecule has 14 heavy (non-hydrogen) atoms. The van der Waals surface area contributed by atoms with E-state index in [0.29, 0.717) is 4.48 Å². The van der Waals surface area contributed by atoms with Crippen molar-refractivity contribution in [3.8, 4) is 0 Å². The van der Waals surface area contributed by atoms with Crippen molar-refractivity contribution < 1.29 is 21.7 Å². The second-order valence-electron chi connectivity index (χ2n) is 4.18. The fraction of sp³-hybridized carbons (Fsp3) is 0.364. The largest absolute Gasteiger partial charge is 1.00 e. The zero-order valence-corrected chi connectivity index (χ0v) is 9.80. The summed E-state index contributed by atoms with van der Waals surface area (Å²) in [5.74, 6) is 0.139. The number of hydrogen-bond acceptors (Lipinski definition) is 1. The van der Waals surface area contributed by atoms with Gasteiger partial charge in [-0.3, -0.25) is 4.48 Å². The summed E-state index contributed by atoms with van der Waals surface area (Å²) in [5, 5.41) is 0. The number of halogens is 1. The molecule has 0 unspecified atom stereocenters. The van der Waals surface area contributed by atoms with Crippen LogP contribution in [0.25, 0.3) is 0 Å². The van der Waals surface area contributed by atoms with Gasteiger partial charge in [0.25, 0.3) is 0 Å². The van der Waals surface area contributed by atoms with Gasteiger partial charge in [-0.25, -0.2) is 4.79 Å². The van der Waals surface area contributed by atoms with E-state index in [1.165, 1.54) is 5.56 Å². The third-order valence-corrected chi connectivity index (χ3v) is 1.91. The third kappa shape index (κ3) is 3.13. The molecule has 1 aromatic rings. The standard InChI is InChI=1S/C11H16NO.ClH/c1-9-5-7-10(8-6-9)11(13)12(2,3)4;/h5-8H,1-4H3;1H/q+1;/p-1. The highest BCUT2D eigenvalue weighted by Crippen LogP contribution is 2.08. The molecule has 0 saturated heterocycles. The molecule has 2 nitrogen and oxygen atoms in total. The molecule has 0 bridgehead atoms. The Morgan fingerprint density at radius 1 is 1.07 bits per heavy atom. The maximum absolute atomic E-state index is 11.7. The number of carbonyl (C=O) groups is 1. The summed E-state index contributed by atoms with van der Waals surface area (Å²) in [6.45, 7) is 2.01. The summed E-state index contributed by atoms with van der Waals surface area (Å²) < 4.78 is 0.336. The van der Waals surface area contributed by atoms with Gasteiger partial charge in [0, 0.05) is 0 Å². The zero-order valence-electron chi connectivity index (χ0n) is 9.04. The molecule has 0 aliphatic heterocycles. The molecular weight excluding hydrogens is 198 g/mol. The number of hydrogen-bond donors (Lipinski definition) is 0. The number of quaternary nitrogens is 1. The average molecular weight is 214 g/mol. The van der Waals surface area contributed by atoms with Crippen LogP contribution in [0.1, 0.15) is 15.9 Å². The monoisotopic (exact) mass is 213 g/mol. The molecule has 0 saturated carbocycles. The van der Waals surface area contributed by atoms with Crippen molar-refractivity contribution in [3.05, 3.63) is 35.4 Å². The molecule has 3 heteroatoms. The van der Waals surface area contributed by atoms with E-state index in [9.17, 15) is 4.79 Å². The van der Waals surface area contributed by atoms with Gasteiger partial charge in [-0.15, -0.1) is 0 Å². The third-order valence-electron chi connectivity index (χ3n) is 1.91. The molecule has 1 rings (SSSR count). The molecule has 78 valence electrons. The Morgan fingerprint density at radius 2 is 1.50 bits per heavy atom. The lowest BCUT2D eigenvalue weighted by Crippen LogP contribution is -3.00. The Morgan fingerprint density at radius 3 is 1.86 bits per heavy atom. The van der Waals surface area contributed by atoms with Crippen molar-refractivity contribution in [1.29, 1.82) is 0 Å². The van der Waals surface area contributed by atoms with Crippen LogP contribution in [0, 0.1) is 6.92 Å². The summed E-state index contributed by atoms with van der Waals surface area (Å²) in [6.07, 6.45) is 0. The van der Waals surface area contributed by atoms with Crippen molar-refractivity contribution in [2.45, 2.75) is 6.92 Å². The van der Waals surface area contributed by atoms with Crippen LogP contribution < -0.4 is 12.4 Å². The second-order valence-corrected chi connectivity index (χ2v) is 4.18. The minimum Gasteiger partial charge on any atom is -1.00 e. The first kappa shape index (κ1) is 13.1. The molecule has 0 atom stereocenters. The molecule has 0 spiro atoms. The predicted octanol–water partition coefficient (Wildman–Crippen LogP) is -1.15. The van der Waals surface area contributed by atoms with Crippen LogP contribution in [0.2, 0.25) is 0 Å². The number of carbonyl (C=O) groups excluding carboxylic acids is 1. The van der Waals surface area contributed by atoms with Crippen molar-refractivity contribution in [2.24, 2.45) is 0 Å². The van der Waals surface area contributed by atoms with Gasteiger partial charge in [-0.2, -0.15) is 0 Å². The van der Waals surface area contributed by atoms with Crippen LogP contribution in [0.15, 0.2) is 24.3 Å². The number of amides is 1. The van der Waals surface area contributed by atoms with Gasteiger partial charge in [0.05, 0.1) is 26.7 Å². The van der Waals surface area contributed by atoms with E-state index in [1.807, 2.05) is 52.3 Å². The normalized spacial score (nSPS) is 10.6. The first-order valence-corrected chi connectivity index (χ1v) is 4.34. The number of rotatable bonds is 1. The van der Waals surface area contributed by atoms with Gasteiger partial charge < -0.3 is 12.4 Å². The lowest BCUT2D eigenvalue weighted by molar-refractivity contribution is -0.785. The molecule has 0 aliphatic carbocycles. The van der Waals surface area contributed by atoms with Crippen LogP contribution >= 0.6 is 0 Å². The maximum Gasteiger partial charge on any atom is 0.345 e. The van der Waals surface area contributed by atoms with Crippen molar-refractivity contribution in [3.63, 3.8) is 0 Å². The summed E-state index contributed by atoms with van der Waals surface area (Å²) in [5.41, 5.74) is 1.95. The Kier molecular flexibility index (Phi) is 4.30. The molecule has 0 aliphatic rings. The summed E-state index contributed by atoms with van der Waals surface area (Å²) in [4.78, 5) is 11.7. The van der Waals surface area contributed by atoms with Crippen molar-refractivity contribution in [2.75, 3.05) is 21.1 Å².